The Morgan fingerprint density at radius 3 is 2.46 bits per heavy atom. The molecule has 0 unspecified atom stereocenters. The van der Waals surface area contributed by atoms with Gasteiger partial charge in [0.15, 0.2) is 0 Å². The number of halogens is 1. The first-order valence-electron chi connectivity index (χ1n) is 9.51. The van der Waals surface area contributed by atoms with Crippen LogP contribution in [0.4, 0.5) is 0 Å². The highest BCUT2D eigenvalue weighted by molar-refractivity contribution is 5.85. The fourth-order valence-corrected chi connectivity index (χ4v) is 2.72. The number of unbranched alkanes of at least 4 members (excludes halogenated alkanes) is 1. The summed E-state index contributed by atoms with van der Waals surface area (Å²) in [5.74, 6) is 0.115. The van der Waals surface area contributed by atoms with Crippen molar-refractivity contribution in [2.75, 3.05) is 19.7 Å². The van der Waals surface area contributed by atoms with Crippen LogP contribution in [-0.4, -0.2) is 30.8 Å². The molecule has 2 N–H and O–H groups in total. The molecule has 5 heteroatoms. The fraction of sp³-hybridized carbons (Fsp3) is 0.348. The minimum Gasteiger partial charge on any atom is -0.494 e. The molecule has 0 atom stereocenters. The van der Waals surface area contributed by atoms with E-state index in [1.54, 1.807) is 0 Å². The van der Waals surface area contributed by atoms with Gasteiger partial charge in [-0.05, 0) is 55.0 Å². The number of hydrogen-bond donors (Lipinski definition) is 2. The van der Waals surface area contributed by atoms with Gasteiger partial charge in [0.05, 0.1) is 13.0 Å². The molecule has 2 aromatic rings. The minimum absolute atomic E-state index is 0. The molecule has 0 bridgehead atoms. The molecule has 0 spiro atoms. The van der Waals surface area contributed by atoms with Crippen molar-refractivity contribution in [1.29, 1.82) is 0 Å². The zero-order valence-corrected chi connectivity index (χ0v) is 17.2. The van der Waals surface area contributed by atoms with Crippen LogP contribution in [0.1, 0.15) is 37.3 Å². The Morgan fingerprint density at radius 2 is 1.79 bits per heavy atom. The predicted molar refractivity (Wildman–Crippen MR) is 117 cm³/mol. The highest BCUT2D eigenvalue weighted by Gasteiger charge is 1.99. The molecule has 0 amide bonds. The van der Waals surface area contributed by atoms with Gasteiger partial charge in [0, 0.05) is 13.1 Å². The van der Waals surface area contributed by atoms with Crippen LogP contribution in [0, 0.1) is 0 Å². The average Bonchev–Trinajstić information content (AvgIpc) is 2.68. The molecule has 0 saturated heterocycles. The highest BCUT2D eigenvalue weighted by Crippen LogP contribution is 2.18. The quantitative estimate of drug-likeness (QED) is 0.491. The predicted octanol–water partition coefficient (Wildman–Crippen LogP) is 4.98. The maximum atomic E-state index is 10.5. The highest BCUT2D eigenvalue weighted by atomic mass is 35.5. The Kier molecular flexibility index (Phi) is 11.7. The molecular weight excluding hydrogens is 374 g/mol. The third-order valence-corrected chi connectivity index (χ3v) is 4.35. The Labute approximate surface area is 174 Å². The molecule has 2 aromatic carbocycles. The lowest BCUT2D eigenvalue weighted by Gasteiger charge is -2.08. The number of hydrogen-bond acceptors (Lipinski definition) is 3. The Hall–Kier alpha value is -2.30. The van der Waals surface area contributed by atoms with Crippen LogP contribution in [0.3, 0.4) is 0 Å². The molecule has 0 radical (unpaired) electrons. The number of rotatable bonds is 12. The maximum Gasteiger partial charge on any atom is 0.304 e. The maximum absolute atomic E-state index is 10.5. The van der Waals surface area contributed by atoms with Crippen molar-refractivity contribution in [1.82, 2.24) is 5.32 Å². The zero-order valence-electron chi connectivity index (χ0n) is 16.4. The lowest BCUT2D eigenvalue weighted by atomic mass is 10.1. The normalized spacial score (nSPS) is 11.0. The molecule has 0 aliphatic heterocycles. The lowest BCUT2D eigenvalue weighted by Crippen LogP contribution is -2.18. The van der Waals surface area contributed by atoms with Gasteiger partial charge in [0.1, 0.15) is 5.75 Å². The summed E-state index contributed by atoms with van der Waals surface area (Å²) in [6.45, 7) is 3.93. The number of nitrogens with one attached hydrogen (secondary N) is 1. The first-order chi connectivity index (χ1) is 13.1. The smallest absolute Gasteiger partial charge is 0.304 e. The molecular formula is C23H30ClNO3. The van der Waals surface area contributed by atoms with Gasteiger partial charge in [-0.1, -0.05) is 48.5 Å². The van der Waals surface area contributed by atoms with Gasteiger partial charge < -0.3 is 15.2 Å². The monoisotopic (exact) mass is 403 g/mol. The van der Waals surface area contributed by atoms with E-state index >= 15 is 0 Å². The van der Waals surface area contributed by atoms with Gasteiger partial charge in [0.2, 0.25) is 0 Å². The summed E-state index contributed by atoms with van der Waals surface area (Å²) < 4.78 is 5.83. The molecule has 152 valence electrons. The molecule has 28 heavy (non-hydrogen) atoms. The van der Waals surface area contributed by atoms with Crippen molar-refractivity contribution in [2.24, 2.45) is 0 Å². The van der Waals surface area contributed by atoms with Gasteiger partial charge in [0.25, 0.3) is 0 Å². The van der Waals surface area contributed by atoms with Crippen molar-refractivity contribution in [3.63, 3.8) is 0 Å². The largest absolute Gasteiger partial charge is 0.494 e. The topological polar surface area (TPSA) is 58.6 Å². The second-order valence-electron chi connectivity index (χ2n) is 6.55. The van der Waals surface area contributed by atoms with E-state index in [4.69, 9.17) is 9.84 Å². The van der Waals surface area contributed by atoms with Gasteiger partial charge in [-0.2, -0.15) is 0 Å². The number of benzene rings is 2. The van der Waals surface area contributed by atoms with E-state index in [9.17, 15) is 4.79 Å². The summed E-state index contributed by atoms with van der Waals surface area (Å²) in [5, 5.41) is 11.7. The summed E-state index contributed by atoms with van der Waals surface area (Å²) in [6, 6.07) is 18.7. The minimum atomic E-state index is -0.779. The summed E-state index contributed by atoms with van der Waals surface area (Å²) in [5.41, 5.74) is 3.68. The van der Waals surface area contributed by atoms with Crippen LogP contribution in [0.15, 0.2) is 60.7 Å². The molecule has 0 aliphatic rings. The van der Waals surface area contributed by atoms with Crippen LogP contribution in [0.2, 0.25) is 0 Å². The van der Waals surface area contributed by atoms with Gasteiger partial charge in [-0.25, -0.2) is 0 Å². The van der Waals surface area contributed by atoms with Crippen LogP contribution in [-0.2, 0) is 11.2 Å². The summed E-state index contributed by atoms with van der Waals surface area (Å²) in [6.07, 6.45) is 5.47. The van der Waals surface area contributed by atoms with E-state index in [2.05, 4.69) is 54.7 Å². The molecule has 2 rings (SSSR count). The number of aliphatic carboxylic acids is 1. The first kappa shape index (κ1) is 23.7. The number of aryl methyl sites for hydroxylation is 1. The van der Waals surface area contributed by atoms with Crippen LogP contribution in [0.25, 0.3) is 5.57 Å². The summed E-state index contributed by atoms with van der Waals surface area (Å²) in [7, 11) is 0. The van der Waals surface area contributed by atoms with E-state index in [0.29, 0.717) is 13.1 Å². The third kappa shape index (κ3) is 9.58. The van der Waals surface area contributed by atoms with Crippen molar-refractivity contribution >= 4 is 23.9 Å². The van der Waals surface area contributed by atoms with Crippen molar-refractivity contribution < 1.29 is 14.6 Å². The number of carbonyl (C=O) groups is 1. The molecule has 0 aromatic heterocycles. The van der Waals surface area contributed by atoms with E-state index < -0.39 is 5.97 Å². The van der Waals surface area contributed by atoms with Gasteiger partial charge >= 0.3 is 5.97 Å². The van der Waals surface area contributed by atoms with E-state index in [-0.39, 0.29) is 18.8 Å². The SMILES string of the molecule is C/C(=C\CNCCC(=O)O)c1ccc(OCCCCc2ccccc2)cc1.Cl. The number of carboxylic acid groups (broad SMARTS) is 1. The molecule has 4 nitrogen and oxygen atoms in total. The second kappa shape index (κ2) is 13.8. The first-order valence-corrected chi connectivity index (χ1v) is 9.51. The number of ether oxygens (including phenoxy) is 1. The van der Waals surface area contributed by atoms with E-state index in [1.807, 2.05) is 18.2 Å². The van der Waals surface area contributed by atoms with Crippen molar-refractivity contribution in [3.8, 4) is 5.75 Å². The van der Waals surface area contributed by atoms with E-state index in [1.165, 1.54) is 5.56 Å². The van der Waals surface area contributed by atoms with Crippen molar-refractivity contribution in [3.05, 3.63) is 71.8 Å². The lowest BCUT2D eigenvalue weighted by molar-refractivity contribution is -0.136. The van der Waals surface area contributed by atoms with Gasteiger partial charge in [-0.3, -0.25) is 4.79 Å². The standard InChI is InChI=1S/C23H29NO3.ClH/c1-19(14-16-24-17-15-23(25)26)21-10-12-22(13-11-21)27-18-6-5-9-20-7-3-2-4-8-20;/h2-4,7-8,10-14,24H,5-6,9,15-18H2,1H3,(H,25,26);1H/b19-14+;. The number of carboxylic acids is 1. The Bertz CT molecular complexity index is 714. The van der Waals surface area contributed by atoms with Crippen LogP contribution >= 0.6 is 12.4 Å². The fourth-order valence-electron chi connectivity index (χ4n) is 2.72. The van der Waals surface area contributed by atoms with Crippen LogP contribution < -0.4 is 10.1 Å². The molecule has 0 fully saturated rings. The molecule has 0 aliphatic carbocycles. The van der Waals surface area contributed by atoms with Gasteiger partial charge in [-0.15, -0.1) is 12.4 Å². The van der Waals surface area contributed by atoms with Crippen molar-refractivity contribution in [2.45, 2.75) is 32.6 Å². The van der Waals surface area contributed by atoms with Crippen LogP contribution in [0.5, 0.6) is 5.75 Å². The Balaban J connectivity index is 0.00000392. The molecule has 0 heterocycles. The number of allylic oxidation sites excluding steroid dienone is 1. The average molecular weight is 404 g/mol. The third-order valence-electron chi connectivity index (χ3n) is 4.35. The molecule has 0 saturated carbocycles. The zero-order chi connectivity index (χ0) is 19.3. The summed E-state index contributed by atoms with van der Waals surface area (Å²) >= 11 is 0. The Morgan fingerprint density at radius 1 is 1.07 bits per heavy atom. The van der Waals surface area contributed by atoms with E-state index in [0.717, 1.165) is 42.8 Å². The second-order valence-corrected chi connectivity index (χ2v) is 6.55. The summed E-state index contributed by atoms with van der Waals surface area (Å²) in [4.78, 5) is 10.5.